The van der Waals surface area contributed by atoms with E-state index in [1.807, 2.05) is 13.8 Å². The topological polar surface area (TPSA) is 207 Å². The molecule has 3 saturated heterocycles. The number of esters is 1. The van der Waals surface area contributed by atoms with Crippen molar-refractivity contribution in [3.05, 3.63) is 65.2 Å². The van der Waals surface area contributed by atoms with Crippen LogP contribution in [0.1, 0.15) is 65.0 Å². The maximum Gasteiger partial charge on any atom is 0.329 e. The third kappa shape index (κ3) is 10.5. The number of urea groups is 1. The number of fused-ring (bicyclic) bond motifs is 2. The lowest BCUT2D eigenvalue weighted by Gasteiger charge is -2.37. The number of aryl methyl sites for hydroxylation is 1. The molecule has 3 fully saturated rings. The molecule has 0 saturated carbocycles. The van der Waals surface area contributed by atoms with Crippen LogP contribution in [0.4, 0.5) is 19.3 Å². The third-order valence-electron chi connectivity index (χ3n) is 11.0. The fourth-order valence-corrected chi connectivity index (χ4v) is 7.97. The highest BCUT2D eigenvalue weighted by molar-refractivity contribution is 5.98. The molecule has 9 atom stereocenters. The largest absolute Gasteiger partial charge is 0.458 e. The summed E-state index contributed by atoms with van der Waals surface area (Å²) in [6.07, 6.45) is -1.83. The molecule has 5 N–H and O–H groups in total. The molecule has 3 aliphatic heterocycles. The highest BCUT2D eigenvalue weighted by atomic mass is 19.1. The number of ether oxygens (including phenoxy) is 1. The maximum atomic E-state index is 14.6. The predicted octanol–water partition coefficient (Wildman–Crippen LogP) is 1.63. The monoisotopic (exact) mass is 825 g/mol. The first-order valence-corrected chi connectivity index (χ1v) is 19.9. The smallest absolute Gasteiger partial charge is 0.329 e. The van der Waals surface area contributed by atoms with Crippen molar-refractivity contribution in [3.63, 3.8) is 0 Å². The highest BCUT2D eigenvalue weighted by Gasteiger charge is 2.47. The summed E-state index contributed by atoms with van der Waals surface area (Å²) in [6, 6.07) is 0.519. The first-order valence-electron chi connectivity index (χ1n) is 19.9. The summed E-state index contributed by atoms with van der Waals surface area (Å²) in [5.41, 5.74) is 1.39. The van der Waals surface area contributed by atoms with Crippen LogP contribution in [-0.4, -0.2) is 130 Å². The van der Waals surface area contributed by atoms with Crippen molar-refractivity contribution in [3.8, 4) is 0 Å². The van der Waals surface area contributed by atoms with Gasteiger partial charge in [0.2, 0.25) is 29.5 Å². The van der Waals surface area contributed by atoms with Gasteiger partial charge in [-0.2, -0.15) is 0 Å². The van der Waals surface area contributed by atoms with Gasteiger partial charge in [0.1, 0.15) is 54.0 Å². The second kappa shape index (κ2) is 18.9. The average Bonchev–Trinajstić information content (AvgIpc) is 3.82. The van der Waals surface area contributed by atoms with E-state index >= 15 is 0 Å². The first-order chi connectivity index (χ1) is 27.9. The molecule has 0 aromatic heterocycles. The van der Waals surface area contributed by atoms with E-state index in [9.17, 15) is 47.4 Å². The zero-order chi connectivity index (χ0) is 43.3. The van der Waals surface area contributed by atoms with Crippen LogP contribution in [0, 0.1) is 17.6 Å². The standard InChI is InChI=1S/C41H53F2N7O9/c1-7-25-10-12-29(13-11-25)45-41(58)46-30(18-26-16-27(42)19-28(43)17-26)35(52)47-33-24(5)59-40(57)32-15-21(2)20-50(32)37(54)22(3)44-36(53)34(23(4)51)48(6)38(55)31-9-8-14-49(31)39(33)56/h10-13,16-17,19,21-24,30-34,51H,7-9,14-15,18,20H2,1-6H3,(H,44,53)(H,47,52)(H2,45,46,58)/t21-,22-,23+,24-,30-,31-,32-,33-,34-/m0/s1. The van der Waals surface area contributed by atoms with Crippen LogP contribution < -0.4 is 21.3 Å². The number of halogens is 2. The quantitative estimate of drug-likeness (QED) is 0.245. The molecule has 2 aromatic carbocycles. The van der Waals surface area contributed by atoms with Crippen molar-refractivity contribution >= 4 is 47.2 Å². The number of likely N-dealkylation sites (N-methyl/N-ethyl adjacent to an activating group) is 1. The van der Waals surface area contributed by atoms with Gasteiger partial charge in [0, 0.05) is 38.3 Å². The van der Waals surface area contributed by atoms with Crippen molar-refractivity contribution in [2.45, 2.75) is 115 Å². The molecule has 5 rings (SSSR count). The van der Waals surface area contributed by atoms with E-state index < -0.39 is 108 Å². The molecule has 320 valence electrons. The number of carbonyl (C=O) groups is 7. The van der Waals surface area contributed by atoms with Crippen LogP contribution in [-0.2, 0) is 46.3 Å². The first kappa shape index (κ1) is 44.5. The molecule has 3 aliphatic rings. The molecule has 0 radical (unpaired) electrons. The van der Waals surface area contributed by atoms with Crippen LogP contribution in [0.15, 0.2) is 42.5 Å². The molecule has 3 heterocycles. The lowest BCUT2D eigenvalue weighted by Crippen LogP contribution is -2.63. The molecule has 0 spiro atoms. The molecule has 7 amide bonds. The summed E-state index contributed by atoms with van der Waals surface area (Å²) < 4.78 is 34.5. The Balaban J connectivity index is 1.51. The number of amides is 7. The minimum Gasteiger partial charge on any atom is -0.458 e. The van der Waals surface area contributed by atoms with Crippen molar-refractivity contribution in [2.24, 2.45) is 5.92 Å². The number of hydrogen-bond acceptors (Lipinski definition) is 9. The van der Waals surface area contributed by atoms with Gasteiger partial charge >= 0.3 is 12.0 Å². The fourth-order valence-electron chi connectivity index (χ4n) is 7.97. The average molecular weight is 826 g/mol. The Morgan fingerprint density at radius 3 is 2.22 bits per heavy atom. The van der Waals surface area contributed by atoms with E-state index in [2.05, 4.69) is 21.3 Å². The third-order valence-corrected chi connectivity index (χ3v) is 11.0. The molecule has 0 bridgehead atoms. The number of aliphatic hydroxyl groups is 1. The van der Waals surface area contributed by atoms with Gasteiger partial charge in [0.05, 0.1) is 6.10 Å². The van der Waals surface area contributed by atoms with Gasteiger partial charge in [-0.15, -0.1) is 0 Å². The summed E-state index contributed by atoms with van der Waals surface area (Å²) in [5.74, 6) is -6.90. The molecule has 59 heavy (non-hydrogen) atoms. The maximum absolute atomic E-state index is 14.6. The number of benzene rings is 2. The van der Waals surface area contributed by atoms with Crippen molar-refractivity contribution in [1.82, 2.24) is 30.7 Å². The Labute approximate surface area is 341 Å². The SMILES string of the molecule is CCc1ccc(NC(=O)N[C@@H](Cc2cc(F)cc(F)c2)C(=O)N[C@@H]2C(=O)N3CCC[C@H]3C(=O)N(C)[C@@H]([C@@H](C)O)C(=O)N[C@@H](C)C(=O)N3C[C@@H](C)C[C@H]3C(=O)O[C@H]2C)cc1. The van der Waals surface area contributed by atoms with Crippen LogP contribution in [0.5, 0.6) is 0 Å². The van der Waals surface area contributed by atoms with Crippen molar-refractivity contribution < 1.29 is 52.2 Å². The van der Waals surface area contributed by atoms with Gasteiger partial charge < -0.3 is 45.8 Å². The summed E-state index contributed by atoms with van der Waals surface area (Å²) in [6.45, 7) is 8.04. The number of cyclic esters (lactones) is 1. The summed E-state index contributed by atoms with van der Waals surface area (Å²) >= 11 is 0. The molecule has 18 heteroatoms. The van der Waals surface area contributed by atoms with Gasteiger partial charge in [-0.1, -0.05) is 26.0 Å². The van der Waals surface area contributed by atoms with Gasteiger partial charge in [0.15, 0.2) is 0 Å². The molecule has 0 aliphatic carbocycles. The lowest BCUT2D eigenvalue weighted by molar-refractivity contribution is -0.163. The lowest BCUT2D eigenvalue weighted by atomic mass is 10.0. The van der Waals surface area contributed by atoms with Gasteiger partial charge in [-0.05, 0) is 87.8 Å². The van der Waals surface area contributed by atoms with E-state index in [1.165, 1.54) is 37.6 Å². The summed E-state index contributed by atoms with van der Waals surface area (Å²) in [5, 5.41) is 21.0. The Kier molecular flexibility index (Phi) is 14.3. The Hall–Kier alpha value is -5.65. The molecular weight excluding hydrogens is 772 g/mol. The number of aliphatic hydroxyl groups excluding tert-OH is 1. The van der Waals surface area contributed by atoms with Gasteiger partial charge in [-0.25, -0.2) is 18.4 Å². The molecule has 2 aromatic rings. The van der Waals surface area contributed by atoms with E-state index in [-0.39, 0.29) is 37.4 Å². The second-order valence-electron chi connectivity index (χ2n) is 15.7. The van der Waals surface area contributed by atoms with Crippen molar-refractivity contribution in [1.29, 1.82) is 0 Å². The van der Waals surface area contributed by atoms with Crippen molar-refractivity contribution in [2.75, 3.05) is 25.5 Å². The van der Waals surface area contributed by atoms with E-state index in [1.54, 1.807) is 24.3 Å². The highest BCUT2D eigenvalue weighted by Crippen LogP contribution is 2.27. The number of carbonyl (C=O) groups excluding carboxylic acids is 7. The number of nitrogens with one attached hydrogen (secondary N) is 4. The summed E-state index contributed by atoms with van der Waals surface area (Å²) in [4.78, 5) is 101. The Morgan fingerprint density at radius 2 is 1.59 bits per heavy atom. The number of nitrogens with zero attached hydrogens (tertiary/aromatic N) is 3. The fraction of sp³-hybridized carbons (Fsp3) is 0.537. The molecular formula is C41H53F2N7O9. The van der Waals surface area contributed by atoms with E-state index in [0.29, 0.717) is 18.2 Å². The second-order valence-corrected chi connectivity index (χ2v) is 15.7. The minimum atomic E-state index is -1.69. The zero-order valence-corrected chi connectivity index (χ0v) is 34.0. The summed E-state index contributed by atoms with van der Waals surface area (Å²) in [7, 11) is 1.30. The van der Waals surface area contributed by atoms with E-state index in [0.717, 1.165) is 29.0 Å². The predicted molar refractivity (Wildman–Crippen MR) is 209 cm³/mol. The van der Waals surface area contributed by atoms with Gasteiger partial charge in [0.25, 0.3) is 0 Å². The molecule has 0 unspecified atom stereocenters. The van der Waals surface area contributed by atoms with Gasteiger partial charge in [-0.3, -0.25) is 24.0 Å². The number of rotatable bonds is 8. The number of hydrogen-bond donors (Lipinski definition) is 5. The Morgan fingerprint density at radius 1 is 0.932 bits per heavy atom. The Bertz CT molecular complexity index is 1910. The number of anilines is 1. The van der Waals surface area contributed by atoms with Crippen LogP contribution in [0.2, 0.25) is 0 Å². The normalized spacial score (nSPS) is 26.7. The minimum absolute atomic E-state index is 0.00155. The van der Waals surface area contributed by atoms with E-state index in [4.69, 9.17) is 4.74 Å². The van der Waals surface area contributed by atoms with Crippen LogP contribution >= 0.6 is 0 Å². The van der Waals surface area contributed by atoms with Crippen LogP contribution in [0.3, 0.4) is 0 Å². The van der Waals surface area contributed by atoms with Crippen LogP contribution in [0.25, 0.3) is 0 Å². The zero-order valence-electron chi connectivity index (χ0n) is 34.0. The molecule has 16 nitrogen and oxygen atoms in total.